The van der Waals surface area contributed by atoms with Crippen LogP contribution in [0.1, 0.15) is 40.7 Å². The Morgan fingerprint density at radius 1 is 1.40 bits per heavy atom. The van der Waals surface area contributed by atoms with Gasteiger partial charge in [0.15, 0.2) is 0 Å². The fourth-order valence-electron chi connectivity index (χ4n) is 3.35. The van der Waals surface area contributed by atoms with Gasteiger partial charge in [0.25, 0.3) is 5.91 Å². The minimum absolute atomic E-state index is 0. The number of halogens is 2. The number of benzene rings is 1. The van der Waals surface area contributed by atoms with E-state index in [4.69, 9.17) is 11.6 Å². The molecular formula is C15H20Cl2N2O. The van der Waals surface area contributed by atoms with Crippen LogP contribution in [0, 0.1) is 0 Å². The smallest absolute Gasteiger partial charge is 0.255 e. The first-order valence-electron chi connectivity index (χ1n) is 6.93. The fourth-order valence-corrected chi connectivity index (χ4v) is 3.68. The molecule has 1 saturated heterocycles. The lowest BCUT2D eigenvalue weighted by Gasteiger charge is -2.36. The van der Waals surface area contributed by atoms with Crippen molar-refractivity contribution in [1.82, 2.24) is 10.2 Å². The number of likely N-dealkylation sites (N-methyl/N-ethyl adjacent to an activating group) is 1. The quantitative estimate of drug-likeness (QED) is 0.910. The molecule has 5 heteroatoms. The molecule has 2 aliphatic rings. The number of hydrogen-bond acceptors (Lipinski definition) is 2. The Kier molecular flexibility index (Phi) is 4.62. The van der Waals surface area contributed by atoms with E-state index in [1.807, 2.05) is 18.0 Å². The van der Waals surface area contributed by atoms with Crippen molar-refractivity contribution in [2.75, 3.05) is 20.1 Å². The zero-order chi connectivity index (χ0) is 13.6. The average Bonchev–Trinajstić information content (AvgIpc) is 2.85. The number of carbonyl (C=O) groups is 1. The third kappa shape index (κ3) is 2.32. The summed E-state index contributed by atoms with van der Waals surface area (Å²) in [5, 5.41) is 4.00. The molecule has 1 amide bonds. The van der Waals surface area contributed by atoms with Gasteiger partial charge in [-0.05, 0) is 23.6 Å². The molecule has 1 aromatic carbocycles. The second kappa shape index (κ2) is 5.92. The van der Waals surface area contributed by atoms with Gasteiger partial charge in [-0.1, -0.05) is 31.0 Å². The van der Waals surface area contributed by atoms with Crippen molar-refractivity contribution in [2.45, 2.75) is 31.7 Å². The number of amides is 1. The van der Waals surface area contributed by atoms with Crippen molar-refractivity contribution in [1.29, 1.82) is 0 Å². The summed E-state index contributed by atoms with van der Waals surface area (Å²) >= 11 is 6.37. The predicted octanol–water partition coefficient (Wildman–Crippen LogP) is 2.86. The van der Waals surface area contributed by atoms with Gasteiger partial charge in [0.1, 0.15) is 0 Å². The zero-order valence-electron chi connectivity index (χ0n) is 11.8. The number of nitrogens with zero attached hydrogens (tertiary/aromatic N) is 1. The predicted molar refractivity (Wildman–Crippen MR) is 84.2 cm³/mol. The number of fused-ring (bicyclic) bond motifs is 3. The number of nitrogens with one attached hydrogen (secondary N) is 1. The van der Waals surface area contributed by atoms with E-state index in [1.165, 1.54) is 5.56 Å². The van der Waals surface area contributed by atoms with Gasteiger partial charge < -0.3 is 10.2 Å². The lowest BCUT2D eigenvalue weighted by atomic mass is 9.84. The Morgan fingerprint density at radius 3 is 2.85 bits per heavy atom. The summed E-state index contributed by atoms with van der Waals surface area (Å²) in [6.45, 7) is 3.97. The summed E-state index contributed by atoms with van der Waals surface area (Å²) in [5.41, 5.74) is 3.11. The highest BCUT2D eigenvalue weighted by molar-refractivity contribution is 6.34. The van der Waals surface area contributed by atoms with E-state index in [9.17, 15) is 4.79 Å². The minimum atomic E-state index is 0. The van der Waals surface area contributed by atoms with Gasteiger partial charge >= 0.3 is 0 Å². The largest absolute Gasteiger partial charge is 0.337 e. The summed E-state index contributed by atoms with van der Waals surface area (Å²) in [5.74, 6) is 0.444. The Balaban J connectivity index is 0.00000147. The molecule has 1 fully saturated rings. The first-order valence-corrected chi connectivity index (χ1v) is 7.31. The van der Waals surface area contributed by atoms with E-state index in [-0.39, 0.29) is 24.4 Å². The maximum absolute atomic E-state index is 12.5. The van der Waals surface area contributed by atoms with E-state index in [1.54, 1.807) is 0 Å². The van der Waals surface area contributed by atoms with Crippen molar-refractivity contribution in [2.24, 2.45) is 0 Å². The molecule has 20 heavy (non-hydrogen) atoms. The van der Waals surface area contributed by atoms with E-state index in [0.29, 0.717) is 16.5 Å². The molecular weight excluding hydrogens is 295 g/mol. The normalized spacial score (nSPS) is 24.1. The SMILES string of the molecule is CCCc1cc(Cl)c2c(c1)[C@@H]1CNC[C@H]1N(C)C2=O.Cl. The summed E-state index contributed by atoms with van der Waals surface area (Å²) in [4.78, 5) is 14.3. The molecule has 1 N–H and O–H groups in total. The van der Waals surface area contributed by atoms with Gasteiger partial charge in [0, 0.05) is 26.1 Å². The van der Waals surface area contributed by atoms with E-state index < -0.39 is 0 Å². The molecule has 3 rings (SSSR count). The second-order valence-electron chi connectivity index (χ2n) is 5.54. The molecule has 0 radical (unpaired) electrons. The molecule has 110 valence electrons. The van der Waals surface area contributed by atoms with Crippen LogP contribution in [0.2, 0.25) is 5.02 Å². The van der Waals surface area contributed by atoms with Crippen LogP contribution >= 0.6 is 24.0 Å². The number of rotatable bonds is 2. The molecule has 0 spiro atoms. The molecule has 0 aromatic heterocycles. The molecule has 0 saturated carbocycles. The Morgan fingerprint density at radius 2 is 2.15 bits per heavy atom. The van der Waals surface area contributed by atoms with Gasteiger partial charge in [-0.15, -0.1) is 12.4 Å². The average molecular weight is 315 g/mol. The first-order chi connectivity index (χ1) is 9.13. The highest BCUT2D eigenvalue weighted by atomic mass is 35.5. The second-order valence-corrected chi connectivity index (χ2v) is 5.95. The molecule has 2 heterocycles. The first kappa shape index (κ1) is 15.6. The van der Waals surface area contributed by atoms with Crippen LogP contribution in [-0.2, 0) is 6.42 Å². The van der Waals surface area contributed by atoms with Crippen molar-refractivity contribution in [3.63, 3.8) is 0 Å². The lowest BCUT2D eigenvalue weighted by molar-refractivity contribution is 0.0706. The Bertz CT molecular complexity index is 533. The number of hydrogen-bond donors (Lipinski definition) is 1. The number of carbonyl (C=O) groups excluding carboxylic acids is 1. The molecule has 2 aliphatic heterocycles. The molecule has 2 atom stereocenters. The number of aryl methyl sites for hydroxylation is 1. The Labute approximate surface area is 131 Å². The maximum atomic E-state index is 12.5. The summed E-state index contributed by atoms with van der Waals surface area (Å²) in [6.07, 6.45) is 2.11. The minimum Gasteiger partial charge on any atom is -0.337 e. The van der Waals surface area contributed by atoms with Crippen LogP contribution in [0.4, 0.5) is 0 Å². The van der Waals surface area contributed by atoms with Gasteiger partial charge in [0.2, 0.25) is 0 Å². The van der Waals surface area contributed by atoms with Crippen LogP contribution in [0.25, 0.3) is 0 Å². The van der Waals surface area contributed by atoms with Crippen molar-refractivity contribution < 1.29 is 4.79 Å². The molecule has 0 unspecified atom stereocenters. The van der Waals surface area contributed by atoms with Gasteiger partial charge in [0.05, 0.1) is 16.6 Å². The zero-order valence-corrected chi connectivity index (χ0v) is 13.4. The third-order valence-electron chi connectivity index (χ3n) is 4.33. The van der Waals surface area contributed by atoms with Crippen LogP contribution < -0.4 is 5.32 Å². The third-order valence-corrected chi connectivity index (χ3v) is 4.63. The van der Waals surface area contributed by atoms with Gasteiger partial charge in [-0.3, -0.25) is 4.79 Å². The van der Waals surface area contributed by atoms with Crippen LogP contribution in [0.5, 0.6) is 0 Å². The van der Waals surface area contributed by atoms with E-state index in [2.05, 4.69) is 18.3 Å². The molecule has 1 aromatic rings. The monoisotopic (exact) mass is 314 g/mol. The summed E-state index contributed by atoms with van der Waals surface area (Å²) in [7, 11) is 1.88. The van der Waals surface area contributed by atoms with Crippen molar-refractivity contribution >= 4 is 29.9 Å². The lowest BCUT2D eigenvalue weighted by Crippen LogP contribution is -2.45. The van der Waals surface area contributed by atoms with Crippen LogP contribution in [0.3, 0.4) is 0 Å². The summed E-state index contributed by atoms with van der Waals surface area (Å²) < 4.78 is 0. The van der Waals surface area contributed by atoms with Crippen molar-refractivity contribution in [3.05, 3.63) is 33.8 Å². The van der Waals surface area contributed by atoms with E-state index in [0.717, 1.165) is 31.5 Å². The van der Waals surface area contributed by atoms with E-state index >= 15 is 0 Å². The molecule has 3 nitrogen and oxygen atoms in total. The maximum Gasteiger partial charge on any atom is 0.255 e. The Hall–Kier alpha value is -0.770. The fraction of sp³-hybridized carbons (Fsp3) is 0.533. The molecule has 0 aliphatic carbocycles. The van der Waals surface area contributed by atoms with Gasteiger partial charge in [-0.2, -0.15) is 0 Å². The van der Waals surface area contributed by atoms with Crippen molar-refractivity contribution in [3.8, 4) is 0 Å². The van der Waals surface area contributed by atoms with Crippen LogP contribution in [-0.4, -0.2) is 37.0 Å². The summed E-state index contributed by atoms with van der Waals surface area (Å²) in [6, 6.07) is 4.42. The van der Waals surface area contributed by atoms with Gasteiger partial charge in [-0.25, -0.2) is 0 Å². The highest BCUT2D eigenvalue weighted by Crippen LogP contribution is 2.38. The highest BCUT2D eigenvalue weighted by Gasteiger charge is 2.41. The standard InChI is InChI=1S/C15H19ClN2O.ClH/c1-3-4-9-5-10-11-7-17-8-13(11)18(2)15(19)14(10)12(16)6-9;/h5-6,11,13,17H,3-4,7-8H2,1-2H3;1H/t11-,13+;/m0./s1. The topological polar surface area (TPSA) is 32.3 Å². The molecule has 0 bridgehead atoms. The van der Waals surface area contributed by atoms with Crippen LogP contribution in [0.15, 0.2) is 12.1 Å².